The summed E-state index contributed by atoms with van der Waals surface area (Å²) >= 11 is 0. The largest absolute Gasteiger partial charge is 0.374 e. The summed E-state index contributed by atoms with van der Waals surface area (Å²) in [7, 11) is 1.86. The molecule has 1 aromatic heterocycles. The number of piperidine rings is 1. The zero-order valence-electron chi connectivity index (χ0n) is 13.2. The molecule has 1 amide bonds. The summed E-state index contributed by atoms with van der Waals surface area (Å²) in [6.07, 6.45) is 3.67. The Hall–Kier alpha value is -2.34. The third kappa shape index (κ3) is 2.70. The number of rotatable bonds is 3. The van der Waals surface area contributed by atoms with Crippen LogP contribution in [-0.4, -0.2) is 28.3 Å². The fourth-order valence-electron chi connectivity index (χ4n) is 3.25. The van der Waals surface area contributed by atoms with Crippen LogP contribution in [0.25, 0.3) is 0 Å². The second-order valence-corrected chi connectivity index (χ2v) is 6.15. The highest BCUT2D eigenvalue weighted by Gasteiger charge is 2.30. The molecule has 120 valence electrons. The SMILES string of the molecule is Cn1ccc(N2CCC[C@@H](Nc3ccc4c(c3)COC4)C2=O)n1. The second-order valence-electron chi connectivity index (χ2n) is 6.15. The number of hydrogen-bond donors (Lipinski definition) is 1. The average Bonchev–Trinajstić information content (AvgIpc) is 3.17. The van der Waals surface area contributed by atoms with E-state index in [-0.39, 0.29) is 11.9 Å². The number of aromatic nitrogens is 2. The molecule has 6 nitrogen and oxygen atoms in total. The van der Waals surface area contributed by atoms with Crippen molar-refractivity contribution in [2.45, 2.75) is 32.1 Å². The maximum absolute atomic E-state index is 12.8. The highest BCUT2D eigenvalue weighted by atomic mass is 16.5. The Bertz CT molecular complexity index is 740. The third-order valence-electron chi connectivity index (χ3n) is 4.48. The number of carbonyl (C=O) groups excluding carboxylic acids is 1. The molecule has 6 heteroatoms. The fourth-order valence-corrected chi connectivity index (χ4v) is 3.25. The van der Waals surface area contributed by atoms with Crippen LogP contribution in [-0.2, 0) is 29.8 Å². The molecule has 0 unspecified atom stereocenters. The summed E-state index contributed by atoms with van der Waals surface area (Å²) in [5.74, 6) is 0.818. The predicted molar refractivity (Wildman–Crippen MR) is 87.1 cm³/mol. The van der Waals surface area contributed by atoms with E-state index in [0.717, 1.165) is 30.9 Å². The summed E-state index contributed by atoms with van der Waals surface area (Å²) in [5, 5.41) is 7.74. The van der Waals surface area contributed by atoms with Gasteiger partial charge in [-0.2, -0.15) is 5.10 Å². The van der Waals surface area contributed by atoms with Crippen LogP contribution in [0.4, 0.5) is 11.5 Å². The van der Waals surface area contributed by atoms with Gasteiger partial charge >= 0.3 is 0 Å². The summed E-state index contributed by atoms with van der Waals surface area (Å²) in [6, 6.07) is 7.88. The summed E-state index contributed by atoms with van der Waals surface area (Å²) in [4.78, 5) is 14.5. The van der Waals surface area contributed by atoms with Gasteiger partial charge in [-0.3, -0.25) is 14.4 Å². The molecule has 2 aromatic rings. The number of fused-ring (bicyclic) bond motifs is 1. The van der Waals surface area contributed by atoms with Crippen molar-refractivity contribution in [2.24, 2.45) is 7.05 Å². The van der Waals surface area contributed by atoms with E-state index in [1.54, 1.807) is 9.58 Å². The van der Waals surface area contributed by atoms with Crippen molar-refractivity contribution < 1.29 is 9.53 Å². The van der Waals surface area contributed by atoms with Gasteiger partial charge in [0.2, 0.25) is 0 Å². The number of anilines is 2. The topological polar surface area (TPSA) is 59.4 Å². The van der Waals surface area contributed by atoms with Gasteiger partial charge in [-0.15, -0.1) is 0 Å². The van der Waals surface area contributed by atoms with E-state index in [4.69, 9.17) is 4.74 Å². The molecule has 2 aliphatic heterocycles. The maximum Gasteiger partial charge on any atom is 0.250 e. The molecule has 3 heterocycles. The van der Waals surface area contributed by atoms with Crippen molar-refractivity contribution in [3.8, 4) is 0 Å². The predicted octanol–water partition coefficient (Wildman–Crippen LogP) is 2.06. The normalized spacial score (nSPS) is 20.7. The minimum absolute atomic E-state index is 0.0895. The Morgan fingerprint density at radius 2 is 2.13 bits per heavy atom. The Balaban J connectivity index is 1.51. The monoisotopic (exact) mass is 312 g/mol. The molecule has 0 spiro atoms. The number of amides is 1. The Labute approximate surface area is 135 Å². The maximum atomic E-state index is 12.8. The third-order valence-corrected chi connectivity index (χ3v) is 4.48. The number of carbonyl (C=O) groups is 1. The van der Waals surface area contributed by atoms with Gasteiger partial charge in [-0.1, -0.05) is 6.07 Å². The highest BCUT2D eigenvalue weighted by molar-refractivity contribution is 5.98. The van der Waals surface area contributed by atoms with Gasteiger partial charge < -0.3 is 10.1 Å². The number of hydrogen-bond acceptors (Lipinski definition) is 4. The molecule has 1 aromatic carbocycles. The minimum atomic E-state index is -0.203. The lowest BCUT2D eigenvalue weighted by Crippen LogP contribution is -2.48. The molecule has 1 atom stereocenters. The van der Waals surface area contributed by atoms with Crippen LogP contribution < -0.4 is 10.2 Å². The lowest BCUT2D eigenvalue weighted by atomic mass is 10.0. The van der Waals surface area contributed by atoms with Crippen LogP contribution in [0, 0.1) is 0 Å². The van der Waals surface area contributed by atoms with Crippen LogP contribution in [0.5, 0.6) is 0 Å². The van der Waals surface area contributed by atoms with Gasteiger partial charge in [0, 0.05) is 31.5 Å². The van der Waals surface area contributed by atoms with Gasteiger partial charge in [-0.05, 0) is 36.1 Å². The zero-order valence-corrected chi connectivity index (χ0v) is 13.2. The standard InChI is InChI=1S/C17H20N4O2/c1-20-8-6-16(19-20)21-7-2-3-15(17(21)22)18-14-5-4-12-10-23-11-13(12)9-14/h4-6,8-9,15,18H,2-3,7,10-11H2,1H3/t15-/m1/s1. The summed E-state index contributed by atoms with van der Waals surface area (Å²) in [5.41, 5.74) is 3.43. The van der Waals surface area contributed by atoms with Crippen molar-refractivity contribution in [3.63, 3.8) is 0 Å². The van der Waals surface area contributed by atoms with E-state index in [1.165, 1.54) is 11.1 Å². The first-order chi connectivity index (χ1) is 11.2. The molecule has 0 saturated carbocycles. The number of aryl methyl sites for hydroxylation is 1. The van der Waals surface area contributed by atoms with E-state index < -0.39 is 0 Å². The summed E-state index contributed by atoms with van der Waals surface area (Å²) in [6.45, 7) is 2.07. The Morgan fingerprint density at radius 1 is 1.26 bits per heavy atom. The first-order valence-corrected chi connectivity index (χ1v) is 7.98. The van der Waals surface area contributed by atoms with Crippen molar-refractivity contribution in [1.82, 2.24) is 9.78 Å². The van der Waals surface area contributed by atoms with E-state index in [0.29, 0.717) is 13.2 Å². The molecule has 2 aliphatic rings. The van der Waals surface area contributed by atoms with E-state index in [1.807, 2.05) is 25.4 Å². The van der Waals surface area contributed by atoms with Crippen molar-refractivity contribution in [2.75, 3.05) is 16.8 Å². The number of ether oxygens (including phenoxy) is 1. The lowest BCUT2D eigenvalue weighted by molar-refractivity contribution is -0.120. The van der Waals surface area contributed by atoms with Crippen molar-refractivity contribution in [1.29, 1.82) is 0 Å². The van der Waals surface area contributed by atoms with Crippen LogP contribution >= 0.6 is 0 Å². The highest BCUT2D eigenvalue weighted by Crippen LogP contribution is 2.26. The molecule has 1 saturated heterocycles. The molecule has 0 radical (unpaired) electrons. The molecular weight excluding hydrogens is 292 g/mol. The van der Waals surface area contributed by atoms with Crippen LogP contribution in [0.1, 0.15) is 24.0 Å². The number of nitrogens with zero attached hydrogens (tertiary/aromatic N) is 3. The first kappa shape index (κ1) is 14.3. The molecular formula is C17H20N4O2. The second kappa shape index (κ2) is 5.70. The zero-order chi connectivity index (χ0) is 15.8. The Morgan fingerprint density at radius 3 is 2.96 bits per heavy atom. The van der Waals surface area contributed by atoms with Gasteiger partial charge in [0.05, 0.1) is 13.2 Å². The summed E-state index contributed by atoms with van der Waals surface area (Å²) < 4.78 is 7.17. The molecule has 4 rings (SSSR count). The van der Waals surface area contributed by atoms with Crippen molar-refractivity contribution in [3.05, 3.63) is 41.6 Å². The van der Waals surface area contributed by atoms with Crippen molar-refractivity contribution >= 4 is 17.4 Å². The number of nitrogens with one attached hydrogen (secondary N) is 1. The lowest BCUT2D eigenvalue weighted by Gasteiger charge is -2.31. The quantitative estimate of drug-likeness (QED) is 0.942. The van der Waals surface area contributed by atoms with Gasteiger partial charge in [0.1, 0.15) is 6.04 Å². The van der Waals surface area contributed by atoms with E-state index in [9.17, 15) is 4.79 Å². The molecule has 0 bridgehead atoms. The molecule has 23 heavy (non-hydrogen) atoms. The number of benzene rings is 1. The van der Waals surface area contributed by atoms with E-state index >= 15 is 0 Å². The molecule has 0 aliphatic carbocycles. The molecule has 1 N–H and O–H groups in total. The van der Waals surface area contributed by atoms with Crippen LogP contribution in [0.3, 0.4) is 0 Å². The van der Waals surface area contributed by atoms with Gasteiger partial charge in [-0.25, -0.2) is 0 Å². The Kier molecular flexibility index (Phi) is 3.53. The smallest absolute Gasteiger partial charge is 0.250 e. The van der Waals surface area contributed by atoms with Gasteiger partial charge in [0.15, 0.2) is 5.82 Å². The van der Waals surface area contributed by atoms with Crippen LogP contribution in [0.15, 0.2) is 30.5 Å². The van der Waals surface area contributed by atoms with Crippen LogP contribution in [0.2, 0.25) is 0 Å². The van der Waals surface area contributed by atoms with Gasteiger partial charge in [0.25, 0.3) is 5.91 Å². The van der Waals surface area contributed by atoms with E-state index in [2.05, 4.69) is 22.5 Å². The molecule has 1 fully saturated rings. The first-order valence-electron chi connectivity index (χ1n) is 7.98. The minimum Gasteiger partial charge on any atom is -0.374 e. The fraction of sp³-hybridized carbons (Fsp3) is 0.412. The average molecular weight is 312 g/mol.